The van der Waals surface area contributed by atoms with Gasteiger partial charge in [0.1, 0.15) is 12.5 Å². The van der Waals surface area contributed by atoms with E-state index in [-0.39, 0.29) is 53.9 Å². The number of fused-ring (bicyclic) bond motifs is 7. The Morgan fingerprint density at radius 2 is 1.57 bits per heavy atom. The van der Waals surface area contributed by atoms with E-state index < -0.39 is 18.0 Å². The molecule has 6 rings (SSSR count). The quantitative estimate of drug-likeness (QED) is 0.0942. The molecule has 0 spiro atoms. The van der Waals surface area contributed by atoms with Crippen molar-refractivity contribution in [3.05, 3.63) is 95.2 Å². The average molecular weight is 799 g/mol. The van der Waals surface area contributed by atoms with Crippen molar-refractivity contribution >= 4 is 58.8 Å². The van der Waals surface area contributed by atoms with Gasteiger partial charge in [-0.05, 0) is 89.2 Å². The van der Waals surface area contributed by atoms with Gasteiger partial charge in [-0.1, -0.05) is 117 Å². The zero-order valence-corrected chi connectivity index (χ0v) is 38.0. The number of carbonyl (C=O) groups excluding carboxylic acids is 2. The van der Waals surface area contributed by atoms with Gasteiger partial charge in [-0.2, -0.15) is 11.4 Å². The third-order valence-corrected chi connectivity index (χ3v) is 12.8. The van der Waals surface area contributed by atoms with Crippen LogP contribution in [0.4, 0.5) is 0 Å². The van der Waals surface area contributed by atoms with E-state index in [0.29, 0.717) is 34.6 Å². The third-order valence-electron chi connectivity index (χ3n) is 12.8. The van der Waals surface area contributed by atoms with Gasteiger partial charge < -0.3 is 34.8 Å². The Bertz CT molecular complexity index is 2210. The minimum Gasteiger partial charge on any atom is -0.664 e. The monoisotopic (exact) mass is 798 g/mol. The number of aliphatic hydroxyl groups is 1. The summed E-state index contributed by atoms with van der Waals surface area (Å²) in [4.78, 5) is 42.3. The number of aromatic nitrogens is 3. The summed E-state index contributed by atoms with van der Waals surface area (Å²) >= 11 is 0. The van der Waals surface area contributed by atoms with Crippen molar-refractivity contribution < 1.29 is 24.2 Å². The second-order valence-electron chi connectivity index (χ2n) is 16.6. The van der Waals surface area contributed by atoms with Gasteiger partial charge in [-0.3, -0.25) is 9.59 Å². The summed E-state index contributed by atoms with van der Waals surface area (Å²) < 4.78 is 11.1. The Morgan fingerprint density at radius 3 is 2.26 bits per heavy atom. The topological polar surface area (TPSA) is 129 Å². The molecule has 0 aromatic carbocycles. The van der Waals surface area contributed by atoms with Crippen molar-refractivity contribution in [3.8, 4) is 0 Å². The zero-order valence-electron chi connectivity index (χ0n) is 36.6. The molecule has 1 N–H and O–H groups in total. The van der Waals surface area contributed by atoms with E-state index in [1.807, 2.05) is 19.1 Å². The maximum absolute atomic E-state index is 13.6. The summed E-state index contributed by atoms with van der Waals surface area (Å²) in [6, 6.07) is 0. The number of unbranched alkanes of at least 4 members (excludes halogenated alkanes) is 1. The molecule has 0 amide bonds. The van der Waals surface area contributed by atoms with Gasteiger partial charge in [-0.15, -0.1) is 33.5 Å². The van der Waals surface area contributed by atoms with Crippen LogP contribution in [0.25, 0.3) is 29.1 Å². The molecule has 9 nitrogen and oxygen atoms in total. The van der Waals surface area contributed by atoms with E-state index in [2.05, 4.69) is 67.5 Å². The first-order valence-corrected chi connectivity index (χ1v) is 21.3. The van der Waals surface area contributed by atoms with Gasteiger partial charge >= 0.3 is 35.0 Å². The van der Waals surface area contributed by atoms with E-state index in [4.69, 9.17) is 29.7 Å². The number of hydrogen-bond donors (Lipinski definition) is 1. The van der Waals surface area contributed by atoms with Crippen LogP contribution in [-0.4, -0.2) is 53.8 Å². The van der Waals surface area contributed by atoms with Gasteiger partial charge in [0, 0.05) is 6.42 Å². The van der Waals surface area contributed by atoms with E-state index in [9.17, 15) is 14.7 Å². The van der Waals surface area contributed by atoms with Gasteiger partial charge in [-0.25, -0.2) is 0 Å². The minimum absolute atomic E-state index is 0. The minimum atomic E-state index is -1.17. The summed E-state index contributed by atoms with van der Waals surface area (Å²) in [5.74, 6) is -1.48. The molecule has 3 aromatic rings. The van der Waals surface area contributed by atoms with Crippen molar-refractivity contribution in [2.24, 2.45) is 23.7 Å². The second-order valence-corrected chi connectivity index (χ2v) is 16.6. The molecule has 1 fully saturated rings. The van der Waals surface area contributed by atoms with Gasteiger partial charge in [0.2, 0.25) is 0 Å². The van der Waals surface area contributed by atoms with E-state index in [1.165, 1.54) is 43.9 Å². The van der Waals surface area contributed by atoms with Crippen LogP contribution in [0.5, 0.6) is 0 Å². The fourth-order valence-electron chi connectivity index (χ4n) is 9.21. The van der Waals surface area contributed by atoms with E-state index in [1.54, 1.807) is 0 Å². The van der Waals surface area contributed by atoms with Crippen molar-refractivity contribution in [2.45, 2.75) is 133 Å². The van der Waals surface area contributed by atoms with Crippen molar-refractivity contribution in [1.29, 1.82) is 0 Å². The zero-order chi connectivity index (χ0) is 41.1. The first-order valence-electron chi connectivity index (χ1n) is 21.3. The summed E-state index contributed by atoms with van der Waals surface area (Å²) in [7, 11) is 1.34. The molecular weight excluding hydrogens is 737 g/mol. The van der Waals surface area contributed by atoms with Gasteiger partial charge in [0.05, 0.1) is 13.2 Å². The van der Waals surface area contributed by atoms with Crippen molar-refractivity contribution in [1.82, 2.24) is 15.0 Å². The Labute approximate surface area is 361 Å². The molecule has 3 aromatic heterocycles. The van der Waals surface area contributed by atoms with E-state index >= 15 is 0 Å². The molecule has 308 valence electrons. The fourth-order valence-corrected chi connectivity index (χ4v) is 9.21. The Balaban J connectivity index is 0.00000641. The maximum atomic E-state index is 13.6. The van der Waals surface area contributed by atoms with Gasteiger partial charge in [0.15, 0.2) is 0 Å². The molecule has 0 radical (unpaired) electrons. The van der Waals surface area contributed by atoms with E-state index in [0.717, 1.165) is 81.6 Å². The number of esters is 2. The summed E-state index contributed by atoms with van der Waals surface area (Å²) in [6.07, 6.45) is 16.4. The summed E-state index contributed by atoms with van der Waals surface area (Å²) in [5.41, 5.74) is 12.2. The predicted molar refractivity (Wildman–Crippen MR) is 232 cm³/mol. The summed E-state index contributed by atoms with van der Waals surface area (Å²) in [5, 5.41) is 18.9. The van der Waals surface area contributed by atoms with Crippen molar-refractivity contribution in [3.63, 3.8) is 0 Å². The standard InChI is InChI=1S/C48H62N4O5.Mg/c1-11-14-16-26(4)17-15-18-27(5)21-22-57-41(53)20-19-34-30(8)37-23-35-28(6)32(12-2)39(49-35)24-36-29(7)33(13-3)40(50-36)25-38-31(9)42-46(52-38)43(45(34)51-37)44(47(42)54)48(55)56-10;/h21,23-26,30,34,44,47,54H,11-20,22H2,1-10H3;/q-4;+2/b27-21+,36-24-,37-23-,40-25-,45-43-;/t26-,30-,34-,44+,47-;/m0./s1. The molecule has 0 unspecified atom stereocenters. The fraction of sp³-hybridized carbons (Fsp3) is 0.542. The Hall–Kier alpha value is -3.73. The number of ether oxygens (including phenoxy) is 2. The number of hydrogen-bond acceptors (Lipinski definition) is 5. The molecule has 8 bridgehead atoms. The molecule has 10 heteroatoms. The third kappa shape index (κ3) is 9.04. The number of carbonyl (C=O) groups is 2. The van der Waals surface area contributed by atoms with Crippen LogP contribution in [0.1, 0.15) is 155 Å². The van der Waals surface area contributed by atoms with Crippen LogP contribution in [0.15, 0.2) is 23.0 Å². The molecule has 5 heterocycles. The number of aliphatic hydroxyl groups excluding tert-OH is 1. The van der Waals surface area contributed by atoms with Crippen LogP contribution in [-0.2, 0) is 31.9 Å². The van der Waals surface area contributed by atoms with Crippen LogP contribution in [0, 0.1) is 44.4 Å². The number of allylic oxidation sites excluding steroid dienone is 3. The maximum Gasteiger partial charge on any atom is 2.00 e. The first-order chi connectivity index (χ1) is 27.3. The van der Waals surface area contributed by atoms with Gasteiger partial charge in [0.25, 0.3) is 0 Å². The molecule has 0 saturated carbocycles. The molecule has 1 aliphatic carbocycles. The summed E-state index contributed by atoms with van der Waals surface area (Å²) in [6.45, 7) is 19.5. The second kappa shape index (κ2) is 19.6. The SMILES string of the molecule is CCCC[C@H](C)CCC/C(C)=C/COC(=O)CC[C@@H]1/C2=C3/c4[n-]c(c(C)c4[C@H](O)[C@@H]3C(=O)OC)/C=c3\[n-]/c(c(C)c3CC)=C\c3[n-]c(c(C)c3CC)/C=C(\[N-]2)[C@H]1C.[Mg+2]. The largest absolute Gasteiger partial charge is 2.00 e. The number of methoxy groups -OCH3 is 1. The normalized spacial score (nSPS) is 23.5. The van der Waals surface area contributed by atoms with Crippen LogP contribution < -0.4 is 25.7 Å². The van der Waals surface area contributed by atoms with Crippen LogP contribution >= 0.6 is 0 Å². The molecule has 1 saturated heterocycles. The average Bonchev–Trinajstić information content (AvgIpc) is 3.93. The Morgan fingerprint density at radius 1 is 0.879 bits per heavy atom. The Kier molecular flexibility index (Phi) is 15.3. The molecule has 58 heavy (non-hydrogen) atoms. The first kappa shape index (κ1) is 45.4. The van der Waals surface area contributed by atoms with Crippen molar-refractivity contribution in [2.75, 3.05) is 13.7 Å². The van der Waals surface area contributed by atoms with Crippen LogP contribution in [0.3, 0.4) is 0 Å². The number of rotatable bonds is 15. The predicted octanol–water partition coefficient (Wildman–Crippen LogP) is 7.69. The smallest absolute Gasteiger partial charge is 0.664 e. The number of nitrogens with zero attached hydrogens (tertiary/aromatic N) is 4. The van der Waals surface area contributed by atoms with Crippen LogP contribution in [0.2, 0.25) is 0 Å². The molecule has 3 aliphatic rings. The molecule has 2 aliphatic heterocycles. The molecule has 5 atom stereocenters. The molecular formula is C48H62MgN4O5-2.